The molecule has 3 aromatic rings. The van der Waals surface area contributed by atoms with Gasteiger partial charge in [0.05, 0.1) is 13.5 Å². The minimum Gasteiger partial charge on any atom is -0.469 e. The molecule has 0 aromatic heterocycles. The average molecular weight is 592 g/mol. The molecule has 0 spiro atoms. The summed E-state index contributed by atoms with van der Waals surface area (Å²) in [6, 6.07) is 26.4. The second kappa shape index (κ2) is 13.9. The fraction of sp³-hybridized carbons (Fsp3) is 0.394. The van der Waals surface area contributed by atoms with Crippen LogP contribution in [-0.2, 0) is 14.9 Å². The van der Waals surface area contributed by atoms with Crippen molar-refractivity contribution in [3.05, 3.63) is 94.5 Å². The summed E-state index contributed by atoms with van der Waals surface area (Å²) in [7, 11) is 1.47. The van der Waals surface area contributed by atoms with Crippen LogP contribution in [0.5, 0.6) is 0 Å². The van der Waals surface area contributed by atoms with Crippen LogP contribution in [0.25, 0.3) is 11.1 Å². The van der Waals surface area contributed by atoms with Crippen LogP contribution >= 0.6 is 15.9 Å². The van der Waals surface area contributed by atoms with Crippen LogP contribution in [-0.4, -0.2) is 49.6 Å². The largest absolute Gasteiger partial charge is 0.469 e. The van der Waals surface area contributed by atoms with E-state index >= 15 is 0 Å². The van der Waals surface area contributed by atoms with Crippen molar-refractivity contribution in [1.82, 2.24) is 10.2 Å². The lowest BCUT2D eigenvalue weighted by Gasteiger charge is -2.35. The van der Waals surface area contributed by atoms with E-state index < -0.39 is 0 Å². The highest BCUT2D eigenvalue weighted by molar-refractivity contribution is 9.10. The molecule has 1 unspecified atom stereocenters. The first-order chi connectivity index (χ1) is 18.9. The number of piperidine rings is 1. The van der Waals surface area contributed by atoms with Crippen LogP contribution in [0, 0.1) is 0 Å². The topological polar surface area (TPSA) is 58.6 Å². The second-order valence-electron chi connectivity index (χ2n) is 10.5. The zero-order chi connectivity index (χ0) is 27.7. The molecule has 5 nitrogen and oxygen atoms in total. The first-order valence-corrected chi connectivity index (χ1v) is 14.7. The maximum absolute atomic E-state index is 13.2. The van der Waals surface area contributed by atoms with E-state index in [4.69, 9.17) is 4.74 Å². The second-order valence-corrected chi connectivity index (χ2v) is 11.4. The first kappa shape index (κ1) is 29.0. The van der Waals surface area contributed by atoms with Crippen LogP contribution < -0.4 is 5.32 Å². The number of ether oxygens (including phenoxy) is 1. The van der Waals surface area contributed by atoms with Crippen LogP contribution in [0.3, 0.4) is 0 Å². The summed E-state index contributed by atoms with van der Waals surface area (Å²) >= 11 is 3.49. The van der Waals surface area contributed by atoms with Crippen molar-refractivity contribution in [3.8, 4) is 11.1 Å². The summed E-state index contributed by atoms with van der Waals surface area (Å²) in [6.45, 7) is 5.07. The number of halogens is 1. The van der Waals surface area contributed by atoms with Gasteiger partial charge in [-0.3, -0.25) is 9.59 Å². The minimum absolute atomic E-state index is 0.00892. The Balaban J connectivity index is 1.30. The monoisotopic (exact) mass is 590 g/mol. The predicted octanol–water partition coefficient (Wildman–Crippen LogP) is 7.00. The molecule has 3 aromatic carbocycles. The Morgan fingerprint density at radius 2 is 1.64 bits per heavy atom. The summed E-state index contributed by atoms with van der Waals surface area (Å²) in [6.07, 6.45) is 5.11. The Morgan fingerprint density at radius 1 is 0.974 bits per heavy atom. The number of methoxy groups -OCH3 is 1. The fourth-order valence-corrected chi connectivity index (χ4v) is 6.01. The van der Waals surface area contributed by atoms with Gasteiger partial charge in [-0.1, -0.05) is 83.5 Å². The van der Waals surface area contributed by atoms with Gasteiger partial charge < -0.3 is 15.0 Å². The number of benzene rings is 3. The normalized spacial score (nSPS) is 15.9. The van der Waals surface area contributed by atoms with Crippen molar-refractivity contribution >= 4 is 27.8 Å². The molecule has 6 heteroatoms. The molecular weight excluding hydrogens is 552 g/mol. The SMILES string of the molecule is CCC(CCCN1CCC(NC(=O)c2ccccc2-c2ccc(Br)cc2)CC1)(CC(=O)OC)c1ccccc1. The van der Waals surface area contributed by atoms with Crippen molar-refractivity contribution in [1.29, 1.82) is 0 Å². The van der Waals surface area contributed by atoms with E-state index in [0.29, 0.717) is 12.0 Å². The highest BCUT2D eigenvalue weighted by Crippen LogP contribution is 2.37. The standard InChI is InChI=1S/C33H39BrN2O3/c1-3-33(24-31(37)39-2,26-10-5-4-6-11-26)20-9-21-36-22-18-28(19-23-36)35-32(38)30-13-8-7-12-29(30)25-14-16-27(34)17-15-25/h4-8,10-17,28H,3,9,18-24H2,1-2H3,(H,35,38). The molecule has 1 heterocycles. The Hall–Kier alpha value is -2.96. The molecule has 1 amide bonds. The van der Waals surface area contributed by atoms with Crippen molar-refractivity contribution < 1.29 is 14.3 Å². The third kappa shape index (κ3) is 7.58. The smallest absolute Gasteiger partial charge is 0.306 e. The van der Waals surface area contributed by atoms with E-state index in [1.54, 1.807) is 0 Å². The van der Waals surface area contributed by atoms with Gasteiger partial charge in [0.25, 0.3) is 5.91 Å². The number of nitrogens with one attached hydrogen (secondary N) is 1. The maximum atomic E-state index is 13.2. The number of amides is 1. The number of likely N-dealkylation sites (tertiary alicyclic amines) is 1. The quantitative estimate of drug-likeness (QED) is 0.244. The Labute approximate surface area is 241 Å². The molecule has 0 bridgehead atoms. The molecule has 1 N–H and O–H groups in total. The van der Waals surface area contributed by atoms with E-state index in [0.717, 1.165) is 67.3 Å². The molecule has 1 aliphatic heterocycles. The minimum atomic E-state index is -0.205. The van der Waals surface area contributed by atoms with E-state index in [1.165, 1.54) is 12.7 Å². The lowest BCUT2D eigenvalue weighted by atomic mass is 9.72. The third-order valence-electron chi connectivity index (χ3n) is 8.15. The third-order valence-corrected chi connectivity index (χ3v) is 8.68. The molecule has 206 valence electrons. The molecule has 4 rings (SSSR count). The van der Waals surface area contributed by atoms with Gasteiger partial charge in [-0.15, -0.1) is 0 Å². The Bertz CT molecular complexity index is 1220. The van der Waals surface area contributed by atoms with Crippen LogP contribution in [0.4, 0.5) is 0 Å². The number of carbonyl (C=O) groups excluding carboxylic acids is 2. The fourth-order valence-electron chi connectivity index (χ4n) is 5.75. The molecule has 0 saturated carbocycles. The molecular formula is C33H39BrN2O3. The van der Waals surface area contributed by atoms with Crippen LogP contribution in [0.15, 0.2) is 83.3 Å². The van der Waals surface area contributed by atoms with Crippen molar-refractivity contribution in [2.45, 2.75) is 56.9 Å². The highest BCUT2D eigenvalue weighted by atomic mass is 79.9. The van der Waals surface area contributed by atoms with Gasteiger partial charge in [0, 0.05) is 34.6 Å². The van der Waals surface area contributed by atoms with Gasteiger partial charge in [0.1, 0.15) is 0 Å². The number of carbonyl (C=O) groups is 2. The zero-order valence-electron chi connectivity index (χ0n) is 23.0. The van der Waals surface area contributed by atoms with E-state index in [-0.39, 0.29) is 23.3 Å². The van der Waals surface area contributed by atoms with Gasteiger partial charge in [-0.2, -0.15) is 0 Å². The summed E-state index contributed by atoms with van der Waals surface area (Å²) in [5, 5.41) is 3.29. The van der Waals surface area contributed by atoms with Crippen LogP contribution in [0.2, 0.25) is 0 Å². The zero-order valence-corrected chi connectivity index (χ0v) is 24.6. The van der Waals surface area contributed by atoms with E-state index in [1.807, 2.05) is 66.7 Å². The van der Waals surface area contributed by atoms with E-state index in [2.05, 4.69) is 45.2 Å². The summed E-state index contributed by atoms with van der Waals surface area (Å²) in [5.74, 6) is -0.163. The summed E-state index contributed by atoms with van der Waals surface area (Å²) in [5.41, 5.74) is 3.70. The van der Waals surface area contributed by atoms with Crippen molar-refractivity contribution in [3.63, 3.8) is 0 Å². The average Bonchev–Trinajstić information content (AvgIpc) is 2.98. The number of rotatable bonds is 11. The van der Waals surface area contributed by atoms with Gasteiger partial charge in [-0.05, 0) is 73.5 Å². The lowest BCUT2D eigenvalue weighted by Crippen LogP contribution is -2.45. The van der Waals surface area contributed by atoms with Crippen LogP contribution in [0.1, 0.15) is 61.4 Å². The van der Waals surface area contributed by atoms with Crippen molar-refractivity contribution in [2.75, 3.05) is 26.7 Å². The van der Waals surface area contributed by atoms with Gasteiger partial charge in [0.15, 0.2) is 0 Å². The molecule has 1 saturated heterocycles. The molecule has 0 radical (unpaired) electrons. The molecule has 0 aliphatic carbocycles. The van der Waals surface area contributed by atoms with Crippen molar-refractivity contribution in [2.24, 2.45) is 0 Å². The lowest BCUT2D eigenvalue weighted by molar-refractivity contribution is -0.142. The number of nitrogens with zero attached hydrogens (tertiary/aromatic N) is 1. The molecule has 1 aliphatic rings. The summed E-state index contributed by atoms with van der Waals surface area (Å²) < 4.78 is 6.07. The number of hydrogen-bond acceptors (Lipinski definition) is 4. The molecule has 1 fully saturated rings. The molecule has 39 heavy (non-hydrogen) atoms. The summed E-state index contributed by atoms with van der Waals surface area (Å²) in [4.78, 5) is 28.0. The first-order valence-electron chi connectivity index (χ1n) is 13.9. The Kier molecular flexibility index (Phi) is 10.4. The number of hydrogen-bond donors (Lipinski definition) is 1. The van der Waals surface area contributed by atoms with E-state index in [9.17, 15) is 9.59 Å². The van der Waals surface area contributed by atoms with Gasteiger partial charge >= 0.3 is 5.97 Å². The van der Waals surface area contributed by atoms with Gasteiger partial charge in [-0.25, -0.2) is 0 Å². The number of esters is 1. The molecule has 1 atom stereocenters. The maximum Gasteiger partial charge on any atom is 0.306 e. The Morgan fingerprint density at radius 3 is 2.31 bits per heavy atom. The van der Waals surface area contributed by atoms with Gasteiger partial charge in [0.2, 0.25) is 0 Å². The predicted molar refractivity (Wildman–Crippen MR) is 161 cm³/mol. The highest BCUT2D eigenvalue weighted by Gasteiger charge is 2.33.